The third-order valence-electron chi connectivity index (χ3n) is 3.87. The highest BCUT2D eigenvalue weighted by Gasteiger charge is 2.26. The first-order valence-electron chi connectivity index (χ1n) is 7.49. The molecular weight excluding hydrogens is 254 g/mol. The molecule has 2 rings (SSSR count). The fraction of sp³-hybridized carbons (Fsp3) is 0.800. The molecule has 4 heteroatoms. The first-order valence-corrected chi connectivity index (χ1v) is 8.54. The van der Waals surface area contributed by atoms with Crippen molar-refractivity contribution in [2.45, 2.75) is 63.8 Å². The summed E-state index contributed by atoms with van der Waals surface area (Å²) in [5.41, 5.74) is 2.61. The molecule has 2 unspecified atom stereocenters. The molecule has 1 aromatic heterocycles. The summed E-state index contributed by atoms with van der Waals surface area (Å²) in [5.74, 6) is 1.73. The Labute approximate surface area is 121 Å². The smallest absolute Gasteiger partial charge is 0.0694 e. The highest BCUT2D eigenvalue weighted by atomic mass is 32.2. The summed E-state index contributed by atoms with van der Waals surface area (Å²) in [6.45, 7) is 7.67. The molecule has 3 nitrogen and oxygen atoms in total. The summed E-state index contributed by atoms with van der Waals surface area (Å²) in [6.07, 6.45) is 6.24. The van der Waals surface area contributed by atoms with Gasteiger partial charge in [0.2, 0.25) is 0 Å². The van der Waals surface area contributed by atoms with Crippen molar-refractivity contribution in [2.24, 2.45) is 7.05 Å². The lowest BCUT2D eigenvalue weighted by Gasteiger charge is -2.20. The lowest BCUT2D eigenvalue weighted by molar-refractivity contribution is 0.529. The first-order chi connectivity index (χ1) is 9.11. The predicted molar refractivity (Wildman–Crippen MR) is 83.7 cm³/mol. The molecule has 0 radical (unpaired) electrons. The normalized spacial score (nSPS) is 23.4. The molecule has 0 aliphatic heterocycles. The van der Waals surface area contributed by atoms with Gasteiger partial charge >= 0.3 is 0 Å². The minimum Gasteiger partial charge on any atom is -0.309 e. The van der Waals surface area contributed by atoms with Gasteiger partial charge in [0.05, 0.1) is 5.69 Å². The van der Waals surface area contributed by atoms with Crippen LogP contribution in [0.3, 0.4) is 0 Å². The molecule has 108 valence electrons. The quantitative estimate of drug-likeness (QED) is 0.867. The topological polar surface area (TPSA) is 29.9 Å². The van der Waals surface area contributed by atoms with E-state index in [0.717, 1.165) is 11.8 Å². The second-order valence-electron chi connectivity index (χ2n) is 5.78. The number of hydrogen-bond acceptors (Lipinski definition) is 3. The Hall–Kier alpha value is -0.480. The van der Waals surface area contributed by atoms with Crippen molar-refractivity contribution in [3.05, 3.63) is 17.5 Å². The van der Waals surface area contributed by atoms with Crippen LogP contribution in [0, 0.1) is 0 Å². The summed E-state index contributed by atoms with van der Waals surface area (Å²) in [4.78, 5) is 0. The van der Waals surface area contributed by atoms with Crippen LogP contribution in [0.1, 0.15) is 57.2 Å². The van der Waals surface area contributed by atoms with Crippen LogP contribution in [0.15, 0.2) is 6.20 Å². The zero-order valence-corrected chi connectivity index (χ0v) is 13.5. The van der Waals surface area contributed by atoms with Crippen LogP contribution in [0.2, 0.25) is 0 Å². The van der Waals surface area contributed by atoms with E-state index in [1.807, 2.05) is 11.7 Å². The Kier molecular flexibility index (Phi) is 5.34. The van der Waals surface area contributed by atoms with Crippen LogP contribution in [-0.4, -0.2) is 26.8 Å². The number of rotatable bonds is 6. The zero-order chi connectivity index (χ0) is 13.8. The molecule has 0 spiro atoms. The van der Waals surface area contributed by atoms with Gasteiger partial charge < -0.3 is 5.32 Å². The summed E-state index contributed by atoms with van der Waals surface area (Å²) < 4.78 is 1.94. The van der Waals surface area contributed by atoms with Crippen molar-refractivity contribution >= 4 is 11.8 Å². The van der Waals surface area contributed by atoms with E-state index in [9.17, 15) is 0 Å². The molecule has 1 N–H and O–H groups in total. The molecule has 0 saturated heterocycles. The lowest BCUT2D eigenvalue weighted by atomic mass is 10.1. The third kappa shape index (κ3) is 3.76. The Morgan fingerprint density at radius 3 is 2.95 bits per heavy atom. The largest absolute Gasteiger partial charge is 0.309 e. The third-order valence-corrected chi connectivity index (χ3v) is 5.20. The minimum atomic E-state index is 0.502. The number of nitrogens with one attached hydrogen (secondary N) is 1. The van der Waals surface area contributed by atoms with Gasteiger partial charge in [0, 0.05) is 36.6 Å². The molecule has 1 saturated carbocycles. The molecule has 1 heterocycles. The van der Waals surface area contributed by atoms with Gasteiger partial charge in [-0.15, -0.1) is 0 Å². The van der Waals surface area contributed by atoms with Gasteiger partial charge in [-0.3, -0.25) is 4.68 Å². The Morgan fingerprint density at radius 2 is 2.26 bits per heavy atom. The fourth-order valence-electron chi connectivity index (χ4n) is 2.99. The number of aromatic nitrogens is 2. The standard InChI is InChI=1S/C15H27N3S/c1-5-19-14-8-6-7-13(14)16-9-12-10-18(4)17-15(12)11(2)3/h10-11,13-14,16H,5-9H2,1-4H3. The molecule has 19 heavy (non-hydrogen) atoms. The molecule has 2 atom stereocenters. The molecule has 0 amide bonds. The van der Waals surface area contributed by atoms with E-state index < -0.39 is 0 Å². The van der Waals surface area contributed by atoms with Gasteiger partial charge in [0.1, 0.15) is 0 Å². The lowest BCUT2D eigenvalue weighted by Crippen LogP contribution is -2.33. The van der Waals surface area contributed by atoms with E-state index in [2.05, 4.69) is 49.1 Å². The van der Waals surface area contributed by atoms with Crippen molar-refractivity contribution in [2.75, 3.05) is 5.75 Å². The zero-order valence-electron chi connectivity index (χ0n) is 12.6. The van der Waals surface area contributed by atoms with Gasteiger partial charge in [0.15, 0.2) is 0 Å². The Bertz CT molecular complexity index is 400. The van der Waals surface area contributed by atoms with Gasteiger partial charge in [-0.25, -0.2) is 0 Å². The van der Waals surface area contributed by atoms with Gasteiger partial charge in [-0.1, -0.05) is 27.2 Å². The number of hydrogen-bond donors (Lipinski definition) is 1. The summed E-state index contributed by atoms with van der Waals surface area (Å²) in [5, 5.41) is 9.16. The highest BCUT2D eigenvalue weighted by Crippen LogP contribution is 2.30. The monoisotopic (exact) mass is 281 g/mol. The second-order valence-corrected chi connectivity index (χ2v) is 7.30. The molecule has 1 aliphatic carbocycles. The van der Waals surface area contributed by atoms with Crippen molar-refractivity contribution in [3.63, 3.8) is 0 Å². The van der Waals surface area contributed by atoms with Crippen molar-refractivity contribution in [1.29, 1.82) is 0 Å². The SMILES string of the molecule is CCSC1CCCC1NCc1cn(C)nc1C(C)C. The van der Waals surface area contributed by atoms with Crippen molar-refractivity contribution in [3.8, 4) is 0 Å². The molecule has 1 aliphatic rings. The van der Waals surface area contributed by atoms with E-state index in [1.165, 1.54) is 36.3 Å². The number of aryl methyl sites for hydroxylation is 1. The molecule has 0 bridgehead atoms. The van der Waals surface area contributed by atoms with Crippen LogP contribution in [-0.2, 0) is 13.6 Å². The van der Waals surface area contributed by atoms with E-state index >= 15 is 0 Å². The van der Waals surface area contributed by atoms with Crippen LogP contribution in [0.25, 0.3) is 0 Å². The fourth-order valence-corrected chi connectivity index (χ4v) is 4.22. The maximum absolute atomic E-state index is 4.58. The summed E-state index contributed by atoms with van der Waals surface area (Å²) in [6, 6.07) is 0.685. The van der Waals surface area contributed by atoms with E-state index in [4.69, 9.17) is 0 Å². The molecule has 1 fully saturated rings. The number of nitrogens with zero attached hydrogens (tertiary/aromatic N) is 2. The van der Waals surface area contributed by atoms with Crippen molar-refractivity contribution in [1.82, 2.24) is 15.1 Å². The van der Waals surface area contributed by atoms with E-state index in [1.54, 1.807) is 0 Å². The number of thioether (sulfide) groups is 1. The van der Waals surface area contributed by atoms with Crippen LogP contribution in [0.4, 0.5) is 0 Å². The molecular formula is C15H27N3S. The van der Waals surface area contributed by atoms with Crippen molar-refractivity contribution < 1.29 is 0 Å². The van der Waals surface area contributed by atoms with Crippen LogP contribution in [0.5, 0.6) is 0 Å². The van der Waals surface area contributed by atoms with E-state index in [-0.39, 0.29) is 0 Å². The van der Waals surface area contributed by atoms with Gasteiger partial charge in [0.25, 0.3) is 0 Å². The van der Waals surface area contributed by atoms with Gasteiger partial charge in [-0.2, -0.15) is 16.9 Å². The summed E-state index contributed by atoms with van der Waals surface area (Å²) in [7, 11) is 2.01. The molecule has 0 aromatic carbocycles. The highest BCUT2D eigenvalue weighted by molar-refractivity contribution is 7.99. The minimum absolute atomic E-state index is 0.502. The van der Waals surface area contributed by atoms with Crippen LogP contribution < -0.4 is 5.32 Å². The predicted octanol–water partition coefficient (Wildman–Crippen LogP) is 3.31. The average molecular weight is 281 g/mol. The first kappa shape index (κ1) is 14.9. The maximum Gasteiger partial charge on any atom is 0.0694 e. The van der Waals surface area contributed by atoms with E-state index in [0.29, 0.717) is 12.0 Å². The molecule has 1 aromatic rings. The Morgan fingerprint density at radius 1 is 1.47 bits per heavy atom. The van der Waals surface area contributed by atoms with Crippen LogP contribution >= 0.6 is 11.8 Å². The van der Waals surface area contributed by atoms with Gasteiger partial charge in [-0.05, 0) is 24.5 Å². The summed E-state index contributed by atoms with van der Waals surface area (Å²) >= 11 is 2.11. The average Bonchev–Trinajstić information content (AvgIpc) is 2.94. The second kappa shape index (κ2) is 6.80. The maximum atomic E-state index is 4.58. The Balaban J connectivity index is 1.94.